The summed E-state index contributed by atoms with van der Waals surface area (Å²) in [6.07, 6.45) is 8.56. The molecule has 0 saturated carbocycles. The van der Waals surface area contributed by atoms with Gasteiger partial charge in [0, 0.05) is 30.7 Å². The van der Waals surface area contributed by atoms with Gasteiger partial charge >= 0.3 is 0 Å². The molecular formula is C33H34N2P2. The second-order valence-corrected chi connectivity index (χ2v) is 12.0. The molecule has 2 nitrogen and oxygen atoms in total. The fourth-order valence-corrected chi connectivity index (χ4v) is 6.94. The second kappa shape index (κ2) is 10.4. The minimum absolute atomic E-state index is 0.0473. The molecule has 37 heavy (non-hydrogen) atoms. The van der Waals surface area contributed by atoms with E-state index in [1.807, 2.05) is 36.9 Å². The highest BCUT2D eigenvalue weighted by atomic mass is 31.0. The molecule has 0 N–H and O–H groups in total. The molecule has 4 aromatic rings. The maximum absolute atomic E-state index is 4.57. The molecule has 0 bridgehead atoms. The van der Waals surface area contributed by atoms with Gasteiger partial charge in [-0.05, 0) is 68.3 Å². The lowest BCUT2D eigenvalue weighted by Gasteiger charge is -2.42. The normalized spacial score (nSPS) is 16.4. The Morgan fingerprint density at radius 1 is 0.703 bits per heavy atom. The van der Waals surface area contributed by atoms with Crippen molar-refractivity contribution in [3.63, 3.8) is 0 Å². The predicted octanol–water partition coefficient (Wildman–Crippen LogP) is 8.05. The van der Waals surface area contributed by atoms with Gasteiger partial charge in [-0.25, -0.2) is 0 Å². The summed E-state index contributed by atoms with van der Waals surface area (Å²) in [5.74, 6) is 0.165. The first-order valence-corrected chi connectivity index (χ1v) is 14.2. The van der Waals surface area contributed by atoms with Gasteiger partial charge < -0.3 is 0 Å². The first-order valence-electron chi connectivity index (χ1n) is 12.8. The van der Waals surface area contributed by atoms with Crippen LogP contribution in [0.4, 0.5) is 0 Å². The summed E-state index contributed by atoms with van der Waals surface area (Å²) in [5, 5.41) is -0.497. The second-order valence-electron chi connectivity index (χ2n) is 10.7. The molecular weight excluding hydrogens is 486 g/mol. The molecule has 186 valence electrons. The van der Waals surface area contributed by atoms with Crippen LogP contribution in [0, 0.1) is 11.3 Å². The number of hydrogen-bond donors (Lipinski definition) is 0. The van der Waals surface area contributed by atoms with E-state index in [0.717, 1.165) is 17.3 Å². The number of nitrogens with zero attached hydrogens (tertiary/aromatic N) is 2. The molecule has 2 aromatic heterocycles. The Labute approximate surface area is 225 Å². The topological polar surface area (TPSA) is 25.8 Å². The average molecular weight is 521 g/mol. The lowest BCUT2D eigenvalue weighted by Crippen LogP contribution is -2.33. The molecule has 0 saturated heterocycles. The van der Waals surface area contributed by atoms with Gasteiger partial charge in [0.25, 0.3) is 0 Å². The van der Waals surface area contributed by atoms with Gasteiger partial charge in [0.1, 0.15) is 0 Å². The first kappa shape index (κ1) is 25.7. The van der Waals surface area contributed by atoms with Crippen LogP contribution in [0.25, 0.3) is 11.1 Å². The third-order valence-corrected chi connectivity index (χ3v) is 8.74. The molecule has 0 radical (unpaired) electrons. The van der Waals surface area contributed by atoms with E-state index in [2.05, 4.69) is 122 Å². The van der Waals surface area contributed by atoms with Gasteiger partial charge in [0.2, 0.25) is 0 Å². The summed E-state index contributed by atoms with van der Waals surface area (Å²) in [4.78, 5) is 9.13. The summed E-state index contributed by atoms with van der Waals surface area (Å²) in [6, 6.07) is 30.3. The largest absolute Gasteiger partial charge is 0.264 e. The Bertz CT molecular complexity index is 1380. The number of allylic oxidation sites excluding steroid dienone is 4. The van der Waals surface area contributed by atoms with Gasteiger partial charge in [-0.2, -0.15) is 0 Å². The van der Waals surface area contributed by atoms with Gasteiger partial charge in [-0.15, -0.1) is 18.5 Å². The Morgan fingerprint density at radius 2 is 1.22 bits per heavy atom. The third-order valence-electron chi connectivity index (χ3n) is 7.35. The van der Waals surface area contributed by atoms with E-state index in [1.54, 1.807) is 0 Å². The van der Waals surface area contributed by atoms with Crippen LogP contribution in [0.5, 0.6) is 0 Å². The lowest BCUT2D eigenvalue weighted by molar-refractivity contribution is 0.331. The highest BCUT2D eigenvalue weighted by Gasteiger charge is 2.49. The molecule has 2 aromatic carbocycles. The summed E-state index contributed by atoms with van der Waals surface area (Å²) in [6.45, 7) is 7.10. The Hall–Kier alpha value is -2.92. The number of pyridine rings is 2. The summed E-state index contributed by atoms with van der Waals surface area (Å²) < 4.78 is 0. The SMILES string of the molecule is CC(C)(C)C1C(c2ccccc2)=C(c2ccccc2)C(CP)=C1C(P)(c1cccnc1)c1cccnc1. The van der Waals surface area contributed by atoms with Crippen molar-refractivity contribution in [2.24, 2.45) is 11.3 Å². The van der Waals surface area contributed by atoms with Crippen molar-refractivity contribution >= 4 is 29.6 Å². The molecule has 0 amide bonds. The number of rotatable bonds is 6. The van der Waals surface area contributed by atoms with E-state index in [0.29, 0.717) is 0 Å². The van der Waals surface area contributed by atoms with Gasteiger partial charge in [-0.1, -0.05) is 93.6 Å². The molecule has 1 aliphatic rings. The van der Waals surface area contributed by atoms with Crippen LogP contribution in [0.1, 0.15) is 43.0 Å². The third kappa shape index (κ3) is 4.63. The zero-order valence-corrected chi connectivity index (χ0v) is 24.0. The first-order chi connectivity index (χ1) is 17.9. The minimum Gasteiger partial charge on any atom is -0.264 e. The Balaban J connectivity index is 1.92. The smallest absolute Gasteiger partial charge is 0.0594 e. The standard InChI is InChI=1S/C33H34N2P2/c1-32(2,3)31-29(24-14-8-5-9-15-24)28(23-12-6-4-7-13-23)27(22-36)30(31)33(37,25-16-10-18-34-20-25)26-17-11-19-35-21-26/h4-21,31H,22,36-37H2,1-3H3. The number of hydrogen-bond acceptors (Lipinski definition) is 2. The van der Waals surface area contributed by atoms with E-state index in [4.69, 9.17) is 0 Å². The molecule has 3 atom stereocenters. The van der Waals surface area contributed by atoms with Crippen LogP contribution in [0.2, 0.25) is 0 Å². The van der Waals surface area contributed by atoms with Crippen molar-refractivity contribution in [2.75, 3.05) is 6.16 Å². The quantitative estimate of drug-likeness (QED) is 0.240. The molecule has 2 heterocycles. The zero-order chi connectivity index (χ0) is 26.0. The maximum atomic E-state index is 4.57. The van der Waals surface area contributed by atoms with Gasteiger partial charge in [0.05, 0.1) is 5.16 Å². The van der Waals surface area contributed by atoms with Crippen LogP contribution in [0.15, 0.2) is 121 Å². The number of benzene rings is 2. The minimum atomic E-state index is -0.497. The van der Waals surface area contributed by atoms with E-state index in [-0.39, 0.29) is 11.3 Å². The molecule has 0 spiro atoms. The average Bonchev–Trinajstić information content (AvgIpc) is 3.31. The fourth-order valence-electron chi connectivity index (χ4n) is 5.84. The monoisotopic (exact) mass is 520 g/mol. The van der Waals surface area contributed by atoms with Crippen molar-refractivity contribution in [3.8, 4) is 0 Å². The summed E-state index contributed by atoms with van der Waals surface area (Å²) >= 11 is 0. The van der Waals surface area contributed by atoms with E-state index >= 15 is 0 Å². The summed E-state index contributed by atoms with van der Waals surface area (Å²) in [5.41, 5.74) is 10.3. The molecule has 4 heteroatoms. The van der Waals surface area contributed by atoms with Gasteiger partial charge in [0.15, 0.2) is 0 Å². The number of aromatic nitrogens is 2. The van der Waals surface area contributed by atoms with Crippen molar-refractivity contribution in [2.45, 2.75) is 25.9 Å². The molecule has 3 unspecified atom stereocenters. The van der Waals surface area contributed by atoms with Crippen LogP contribution >= 0.6 is 18.5 Å². The highest BCUT2D eigenvalue weighted by Crippen LogP contribution is 2.62. The Morgan fingerprint density at radius 3 is 1.65 bits per heavy atom. The zero-order valence-electron chi connectivity index (χ0n) is 21.7. The van der Waals surface area contributed by atoms with Crippen LogP contribution in [-0.4, -0.2) is 16.1 Å². The molecule has 0 aliphatic heterocycles. The Kier molecular flexibility index (Phi) is 7.26. The van der Waals surface area contributed by atoms with Crippen molar-refractivity contribution in [1.29, 1.82) is 0 Å². The van der Waals surface area contributed by atoms with Crippen molar-refractivity contribution < 1.29 is 0 Å². The summed E-state index contributed by atoms with van der Waals surface area (Å²) in [7, 11) is 6.29. The van der Waals surface area contributed by atoms with E-state index in [9.17, 15) is 0 Å². The maximum Gasteiger partial charge on any atom is 0.0594 e. The highest BCUT2D eigenvalue weighted by molar-refractivity contribution is 7.19. The molecule has 1 aliphatic carbocycles. The van der Waals surface area contributed by atoms with Crippen LogP contribution < -0.4 is 0 Å². The predicted molar refractivity (Wildman–Crippen MR) is 163 cm³/mol. The van der Waals surface area contributed by atoms with E-state index in [1.165, 1.54) is 33.4 Å². The molecule has 0 fully saturated rings. The van der Waals surface area contributed by atoms with Crippen molar-refractivity contribution in [3.05, 3.63) is 143 Å². The molecule has 5 rings (SSSR count). The van der Waals surface area contributed by atoms with Crippen molar-refractivity contribution in [1.82, 2.24) is 9.97 Å². The van der Waals surface area contributed by atoms with Crippen LogP contribution in [-0.2, 0) is 5.16 Å². The fraction of sp³-hybridized carbons (Fsp3) is 0.212. The van der Waals surface area contributed by atoms with Gasteiger partial charge in [-0.3, -0.25) is 9.97 Å². The van der Waals surface area contributed by atoms with Crippen LogP contribution in [0.3, 0.4) is 0 Å². The van der Waals surface area contributed by atoms with E-state index < -0.39 is 5.16 Å². The lowest BCUT2D eigenvalue weighted by atomic mass is 9.66.